The van der Waals surface area contributed by atoms with Crippen LogP contribution in [0, 0.1) is 11.8 Å². The summed E-state index contributed by atoms with van der Waals surface area (Å²) in [5, 5.41) is 6.66. The van der Waals surface area contributed by atoms with E-state index in [-0.39, 0.29) is 0 Å². The molecule has 6 nitrogen and oxygen atoms in total. The Kier molecular flexibility index (Phi) is 3.37. The molecule has 6 heteroatoms. The molecular weight excluding hydrogens is 208 g/mol. The van der Waals surface area contributed by atoms with Crippen molar-refractivity contribution in [3.8, 4) is 0 Å². The van der Waals surface area contributed by atoms with Crippen molar-refractivity contribution in [3.05, 3.63) is 0 Å². The van der Waals surface area contributed by atoms with E-state index in [9.17, 15) is 0 Å². The van der Waals surface area contributed by atoms with Crippen molar-refractivity contribution in [1.29, 1.82) is 0 Å². The fourth-order valence-electron chi connectivity index (χ4n) is 3.01. The van der Waals surface area contributed by atoms with Crippen LogP contribution >= 0.6 is 0 Å². The van der Waals surface area contributed by atoms with Gasteiger partial charge in [0.05, 0.1) is 12.3 Å². The lowest BCUT2D eigenvalue weighted by atomic mass is 9.78. The highest BCUT2D eigenvalue weighted by Gasteiger charge is 2.35. The van der Waals surface area contributed by atoms with Crippen LogP contribution in [0.5, 0.6) is 0 Å². The second-order valence-corrected chi connectivity index (χ2v) is 4.86. The molecule has 2 heterocycles. The van der Waals surface area contributed by atoms with Gasteiger partial charge in [0, 0.05) is 0 Å². The maximum absolute atomic E-state index is 5.15. The Labute approximate surface area is 95.3 Å². The second-order valence-electron chi connectivity index (χ2n) is 4.86. The quantitative estimate of drug-likeness (QED) is 0.516. The monoisotopic (exact) mass is 228 g/mol. The second kappa shape index (κ2) is 4.95. The van der Waals surface area contributed by atoms with Crippen LogP contribution in [0.25, 0.3) is 0 Å². The van der Waals surface area contributed by atoms with Crippen molar-refractivity contribution >= 4 is 0 Å². The SMILES string of the molecule is C1CC(C2NCON2)CC(C2NCON2)C1. The van der Waals surface area contributed by atoms with Gasteiger partial charge in [-0.05, 0) is 31.1 Å². The minimum Gasteiger partial charge on any atom is -0.285 e. The number of hydroxylamine groups is 2. The van der Waals surface area contributed by atoms with Gasteiger partial charge in [-0.1, -0.05) is 6.42 Å². The molecule has 0 bridgehead atoms. The smallest absolute Gasteiger partial charge is 0.120 e. The Hall–Kier alpha value is -0.240. The van der Waals surface area contributed by atoms with Crippen LogP contribution < -0.4 is 21.6 Å². The van der Waals surface area contributed by atoms with Crippen LogP contribution in [-0.2, 0) is 9.68 Å². The van der Waals surface area contributed by atoms with Crippen molar-refractivity contribution in [1.82, 2.24) is 21.6 Å². The van der Waals surface area contributed by atoms with E-state index >= 15 is 0 Å². The van der Waals surface area contributed by atoms with E-state index in [0.717, 1.165) is 0 Å². The van der Waals surface area contributed by atoms with E-state index in [2.05, 4.69) is 21.6 Å². The maximum Gasteiger partial charge on any atom is 0.120 e. The minimum absolute atomic E-state index is 0.324. The van der Waals surface area contributed by atoms with Gasteiger partial charge in [0.1, 0.15) is 13.5 Å². The highest BCUT2D eigenvalue weighted by molar-refractivity contribution is 4.85. The largest absolute Gasteiger partial charge is 0.285 e. The lowest BCUT2D eigenvalue weighted by molar-refractivity contribution is 0.0519. The molecule has 0 radical (unpaired) electrons. The molecule has 4 N–H and O–H groups in total. The topological polar surface area (TPSA) is 66.6 Å². The first-order chi connectivity index (χ1) is 7.93. The Morgan fingerprint density at radius 1 is 0.812 bits per heavy atom. The van der Waals surface area contributed by atoms with Crippen LogP contribution in [-0.4, -0.2) is 25.8 Å². The van der Waals surface area contributed by atoms with Crippen molar-refractivity contribution in [2.24, 2.45) is 11.8 Å². The van der Waals surface area contributed by atoms with E-state index in [4.69, 9.17) is 9.68 Å². The summed E-state index contributed by atoms with van der Waals surface area (Å²) in [6.07, 6.45) is 5.70. The Bertz CT molecular complexity index is 207. The zero-order valence-electron chi connectivity index (χ0n) is 9.37. The molecule has 0 aromatic heterocycles. The summed E-state index contributed by atoms with van der Waals surface area (Å²) in [5.74, 6) is 1.32. The van der Waals surface area contributed by atoms with Gasteiger partial charge >= 0.3 is 0 Å². The third-order valence-electron chi connectivity index (χ3n) is 3.87. The summed E-state index contributed by atoms with van der Waals surface area (Å²) in [7, 11) is 0. The van der Waals surface area contributed by atoms with E-state index in [1.165, 1.54) is 25.7 Å². The maximum atomic E-state index is 5.15. The first-order valence-corrected chi connectivity index (χ1v) is 6.15. The van der Waals surface area contributed by atoms with Gasteiger partial charge in [0.25, 0.3) is 0 Å². The van der Waals surface area contributed by atoms with Gasteiger partial charge in [-0.3, -0.25) is 20.3 Å². The van der Waals surface area contributed by atoms with Gasteiger partial charge in [-0.25, -0.2) is 0 Å². The third-order valence-corrected chi connectivity index (χ3v) is 3.87. The lowest BCUT2D eigenvalue weighted by Gasteiger charge is -2.34. The van der Waals surface area contributed by atoms with Crippen molar-refractivity contribution in [2.75, 3.05) is 13.5 Å². The molecule has 92 valence electrons. The first kappa shape index (κ1) is 10.9. The van der Waals surface area contributed by atoms with E-state index in [1.807, 2.05) is 0 Å². The number of rotatable bonds is 2. The molecule has 0 aromatic rings. The summed E-state index contributed by atoms with van der Waals surface area (Å²) >= 11 is 0. The Morgan fingerprint density at radius 3 is 1.81 bits per heavy atom. The molecule has 0 amide bonds. The molecular formula is C10H20N4O2. The molecule has 1 saturated carbocycles. The molecule has 3 rings (SSSR count). The molecule has 0 spiro atoms. The number of hydrogen-bond acceptors (Lipinski definition) is 6. The fraction of sp³-hybridized carbons (Fsp3) is 1.00. The molecule has 3 fully saturated rings. The molecule has 0 aromatic carbocycles. The summed E-state index contributed by atoms with van der Waals surface area (Å²) in [6.45, 7) is 1.24. The van der Waals surface area contributed by atoms with Gasteiger partial charge in [0.15, 0.2) is 0 Å². The van der Waals surface area contributed by atoms with Crippen molar-refractivity contribution in [3.63, 3.8) is 0 Å². The third kappa shape index (κ3) is 2.22. The number of hydrogen-bond donors (Lipinski definition) is 4. The predicted octanol–water partition coefficient (Wildman–Crippen LogP) is -0.391. The predicted molar refractivity (Wildman–Crippen MR) is 57.5 cm³/mol. The molecule has 2 aliphatic heterocycles. The summed E-state index contributed by atoms with van der Waals surface area (Å²) in [5.41, 5.74) is 6.11. The highest BCUT2D eigenvalue weighted by atomic mass is 16.7. The first-order valence-electron chi connectivity index (χ1n) is 6.15. The Morgan fingerprint density at radius 2 is 1.38 bits per heavy atom. The standard InChI is InChI=1S/C10H20N4O2/c1-2-7(9-11-5-15-13-9)4-8(3-1)10-12-6-16-14-10/h7-14H,1-6H2. The van der Waals surface area contributed by atoms with Gasteiger partial charge in [-0.15, -0.1) is 0 Å². The van der Waals surface area contributed by atoms with Crippen LogP contribution in [0.3, 0.4) is 0 Å². The zero-order chi connectivity index (χ0) is 10.8. The Balaban J connectivity index is 1.56. The highest BCUT2D eigenvalue weighted by Crippen LogP contribution is 2.33. The van der Waals surface area contributed by atoms with Crippen LogP contribution in [0.15, 0.2) is 0 Å². The van der Waals surface area contributed by atoms with Crippen LogP contribution in [0.2, 0.25) is 0 Å². The van der Waals surface area contributed by atoms with Gasteiger partial charge < -0.3 is 0 Å². The minimum atomic E-state index is 0.324. The van der Waals surface area contributed by atoms with Crippen LogP contribution in [0.4, 0.5) is 0 Å². The van der Waals surface area contributed by atoms with E-state index in [1.54, 1.807) is 0 Å². The summed E-state index contributed by atoms with van der Waals surface area (Å²) in [6, 6.07) is 0. The van der Waals surface area contributed by atoms with Gasteiger partial charge in [0.2, 0.25) is 0 Å². The lowest BCUT2D eigenvalue weighted by Crippen LogP contribution is -2.46. The average molecular weight is 228 g/mol. The molecule has 3 aliphatic rings. The van der Waals surface area contributed by atoms with Crippen LogP contribution in [0.1, 0.15) is 25.7 Å². The normalized spacial score (nSPS) is 45.0. The summed E-state index contributed by atoms with van der Waals surface area (Å²) < 4.78 is 0. The fourth-order valence-corrected chi connectivity index (χ4v) is 3.01. The molecule has 2 saturated heterocycles. The molecule has 4 unspecified atom stereocenters. The average Bonchev–Trinajstić information content (AvgIpc) is 3.03. The van der Waals surface area contributed by atoms with Crippen molar-refractivity contribution in [2.45, 2.75) is 38.0 Å². The van der Waals surface area contributed by atoms with E-state index in [0.29, 0.717) is 37.6 Å². The zero-order valence-corrected chi connectivity index (χ0v) is 9.37. The van der Waals surface area contributed by atoms with Crippen molar-refractivity contribution < 1.29 is 9.68 Å². The van der Waals surface area contributed by atoms with Gasteiger partial charge in [-0.2, -0.15) is 11.0 Å². The van der Waals surface area contributed by atoms with E-state index < -0.39 is 0 Å². The molecule has 1 aliphatic carbocycles. The summed E-state index contributed by atoms with van der Waals surface area (Å²) in [4.78, 5) is 10.3. The molecule has 4 atom stereocenters. The number of nitrogens with one attached hydrogen (secondary N) is 4. The molecule has 16 heavy (non-hydrogen) atoms.